The van der Waals surface area contributed by atoms with Crippen molar-refractivity contribution in [3.05, 3.63) is 0 Å². The first-order valence-corrected chi connectivity index (χ1v) is 7.39. The largest absolute Gasteiger partial charge is 0.368 e. The van der Waals surface area contributed by atoms with Crippen molar-refractivity contribution >= 4 is 30.1 Å². The van der Waals surface area contributed by atoms with Gasteiger partial charge in [-0.1, -0.05) is 13.8 Å². The summed E-state index contributed by atoms with van der Waals surface area (Å²) in [7, 11) is 1.64. The molecule has 2 atom stereocenters. The average Bonchev–Trinajstić information content (AvgIpc) is 2.94. The van der Waals surface area contributed by atoms with Crippen molar-refractivity contribution in [2.75, 3.05) is 20.1 Å². The van der Waals surface area contributed by atoms with Gasteiger partial charge < -0.3 is 21.3 Å². The molecule has 0 aromatic rings. The van der Waals surface area contributed by atoms with Crippen LogP contribution in [0.5, 0.6) is 0 Å². The molecule has 0 radical (unpaired) electrons. The monoisotopic (exact) mass is 334 g/mol. The van der Waals surface area contributed by atoms with Crippen molar-refractivity contribution in [1.82, 2.24) is 15.5 Å². The lowest BCUT2D eigenvalue weighted by molar-refractivity contribution is -0.141. The molecule has 1 aliphatic rings. The smallest absolute Gasteiger partial charge is 0.243 e. The molecule has 1 aliphatic heterocycles. The molecule has 1 heterocycles. The van der Waals surface area contributed by atoms with E-state index in [0.29, 0.717) is 6.42 Å². The van der Waals surface area contributed by atoms with E-state index in [1.54, 1.807) is 7.05 Å². The fourth-order valence-corrected chi connectivity index (χ4v) is 2.47. The van der Waals surface area contributed by atoms with Gasteiger partial charge in [0, 0.05) is 7.05 Å². The van der Waals surface area contributed by atoms with Crippen LogP contribution in [0.15, 0.2) is 0 Å². The number of hydrogen-bond donors (Lipinski definition) is 3. The van der Waals surface area contributed by atoms with Crippen molar-refractivity contribution in [3.8, 4) is 0 Å². The summed E-state index contributed by atoms with van der Waals surface area (Å²) in [6.07, 6.45) is 2.30. The Morgan fingerprint density at radius 3 is 2.45 bits per heavy atom. The van der Waals surface area contributed by atoms with Crippen LogP contribution in [0.25, 0.3) is 0 Å². The Hall–Kier alpha value is -1.34. The van der Waals surface area contributed by atoms with Crippen LogP contribution in [0.1, 0.15) is 33.1 Å². The molecule has 22 heavy (non-hydrogen) atoms. The zero-order chi connectivity index (χ0) is 16.0. The van der Waals surface area contributed by atoms with Gasteiger partial charge in [0.05, 0.1) is 12.6 Å². The molecule has 0 spiro atoms. The molecule has 0 bridgehead atoms. The van der Waals surface area contributed by atoms with E-state index in [0.717, 1.165) is 19.4 Å². The lowest BCUT2D eigenvalue weighted by Gasteiger charge is -2.30. The van der Waals surface area contributed by atoms with Crippen molar-refractivity contribution in [1.29, 1.82) is 0 Å². The highest BCUT2D eigenvalue weighted by molar-refractivity contribution is 5.91. The summed E-state index contributed by atoms with van der Waals surface area (Å²) in [5.74, 6) is -0.761. The Morgan fingerprint density at radius 2 is 2.00 bits per heavy atom. The number of nitrogens with two attached hydrogens (primary N) is 1. The summed E-state index contributed by atoms with van der Waals surface area (Å²) < 4.78 is 0. The van der Waals surface area contributed by atoms with Crippen LogP contribution in [0, 0.1) is 5.92 Å². The van der Waals surface area contributed by atoms with E-state index in [9.17, 15) is 14.4 Å². The summed E-state index contributed by atoms with van der Waals surface area (Å²) in [6.45, 7) is 4.59. The van der Waals surface area contributed by atoms with E-state index >= 15 is 0 Å². The summed E-state index contributed by atoms with van der Waals surface area (Å²) in [5.41, 5.74) is 5.03. The first-order valence-electron chi connectivity index (χ1n) is 7.39. The van der Waals surface area contributed by atoms with Gasteiger partial charge >= 0.3 is 0 Å². The number of nitrogens with zero attached hydrogens (tertiary/aromatic N) is 1. The van der Waals surface area contributed by atoms with Gasteiger partial charge in [-0.15, -0.1) is 12.4 Å². The highest BCUT2D eigenvalue weighted by Crippen LogP contribution is 2.15. The van der Waals surface area contributed by atoms with Gasteiger partial charge in [0.1, 0.15) is 6.04 Å². The maximum absolute atomic E-state index is 12.4. The predicted octanol–water partition coefficient (Wildman–Crippen LogP) is -0.365. The summed E-state index contributed by atoms with van der Waals surface area (Å²) >= 11 is 0. The number of primary amides is 1. The fraction of sp³-hybridized carbons (Fsp3) is 0.786. The SMILES string of the molecule is CC(C)C[C@H](C(=O)NCC(N)=O)N(C)C(=O)[C@@H]1CCCN1.Cl. The van der Waals surface area contributed by atoms with Crippen LogP contribution >= 0.6 is 12.4 Å². The number of rotatable bonds is 7. The zero-order valence-electron chi connectivity index (χ0n) is 13.4. The lowest BCUT2D eigenvalue weighted by Crippen LogP contribution is -2.53. The Balaban J connectivity index is 0.00000441. The van der Waals surface area contributed by atoms with Crippen LogP contribution < -0.4 is 16.4 Å². The third-order valence-electron chi connectivity index (χ3n) is 3.61. The molecule has 128 valence electrons. The van der Waals surface area contributed by atoms with E-state index < -0.39 is 11.9 Å². The van der Waals surface area contributed by atoms with Gasteiger partial charge in [0.2, 0.25) is 17.7 Å². The Morgan fingerprint density at radius 1 is 1.36 bits per heavy atom. The minimum Gasteiger partial charge on any atom is -0.368 e. The second-order valence-corrected chi connectivity index (χ2v) is 5.93. The second kappa shape index (κ2) is 9.63. The van der Waals surface area contributed by atoms with E-state index in [1.807, 2.05) is 13.8 Å². The van der Waals surface area contributed by atoms with Gasteiger partial charge in [0.25, 0.3) is 0 Å². The molecule has 8 heteroatoms. The van der Waals surface area contributed by atoms with Gasteiger partial charge in [-0.3, -0.25) is 14.4 Å². The molecule has 4 N–H and O–H groups in total. The van der Waals surface area contributed by atoms with Crippen molar-refractivity contribution in [3.63, 3.8) is 0 Å². The minimum absolute atomic E-state index is 0. The van der Waals surface area contributed by atoms with Crippen molar-refractivity contribution in [2.45, 2.75) is 45.2 Å². The molecule has 0 aromatic carbocycles. The molecular formula is C14H27ClN4O3. The summed E-state index contributed by atoms with van der Waals surface area (Å²) in [5, 5.41) is 5.62. The molecule has 1 saturated heterocycles. The standard InChI is InChI=1S/C14H26N4O3.ClH/c1-9(2)7-11(13(20)17-8-12(15)19)18(3)14(21)10-5-4-6-16-10;/h9-11,16H,4-8H2,1-3H3,(H2,15,19)(H,17,20);1H/t10-,11+;/m0./s1. The maximum Gasteiger partial charge on any atom is 0.243 e. The summed E-state index contributed by atoms with van der Waals surface area (Å²) in [4.78, 5) is 36.9. The topological polar surface area (TPSA) is 105 Å². The zero-order valence-corrected chi connectivity index (χ0v) is 14.2. The molecule has 0 unspecified atom stereocenters. The maximum atomic E-state index is 12.4. The van der Waals surface area contributed by atoms with Crippen LogP contribution in [0.4, 0.5) is 0 Å². The normalized spacial score (nSPS) is 18.5. The molecule has 3 amide bonds. The number of amides is 3. The number of halogens is 1. The molecule has 0 saturated carbocycles. The minimum atomic E-state index is -0.599. The van der Waals surface area contributed by atoms with E-state index in [4.69, 9.17) is 5.73 Å². The van der Waals surface area contributed by atoms with Crippen LogP contribution in [-0.2, 0) is 14.4 Å². The molecule has 0 aliphatic carbocycles. The quantitative estimate of drug-likeness (QED) is 0.591. The third-order valence-corrected chi connectivity index (χ3v) is 3.61. The highest BCUT2D eigenvalue weighted by Gasteiger charge is 2.32. The van der Waals surface area contributed by atoms with Crippen LogP contribution in [0.2, 0.25) is 0 Å². The predicted molar refractivity (Wildman–Crippen MR) is 86.5 cm³/mol. The Labute approximate surface area is 137 Å². The van der Waals surface area contributed by atoms with Gasteiger partial charge in [0.15, 0.2) is 0 Å². The van der Waals surface area contributed by atoms with E-state index in [2.05, 4.69) is 10.6 Å². The molecule has 1 fully saturated rings. The van der Waals surface area contributed by atoms with Gasteiger partial charge in [-0.25, -0.2) is 0 Å². The first kappa shape index (κ1) is 20.7. The highest BCUT2D eigenvalue weighted by atomic mass is 35.5. The number of nitrogens with one attached hydrogen (secondary N) is 2. The molecule has 7 nitrogen and oxygen atoms in total. The summed E-state index contributed by atoms with van der Waals surface area (Å²) in [6, 6.07) is -0.798. The Kier molecular flexibility index (Phi) is 9.04. The fourth-order valence-electron chi connectivity index (χ4n) is 2.47. The number of carbonyl (C=O) groups excluding carboxylic acids is 3. The molecule has 1 rings (SSSR count). The number of carbonyl (C=O) groups is 3. The molecular weight excluding hydrogens is 308 g/mol. The van der Waals surface area contributed by atoms with Gasteiger partial charge in [-0.05, 0) is 31.7 Å². The van der Waals surface area contributed by atoms with Crippen LogP contribution in [-0.4, -0.2) is 54.8 Å². The number of likely N-dealkylation sites (N-methyl/N-ethyl adjacent to an activating group) is 1. The van der Waals surface area contributed by atoms with Crippen molar-refractivity contribution < 1.29 is 14.4 Å². The molecule has 0 aromatic heterocycles. The van der Waals surface area contributed by atoms with Crippen molar-refractivity contribution in [2.24, 2.45) is 11.7 Å². The lowest BCUT2D eigenvalue weighted by atomic mass is 10.0. The Bertz CT molecular complexity index is 398. The van der Waals surface area contributed by atoms with Gasteiger partial charge in [-0.2, -0.15) is 0 Å². The third kappa shape index (κ3) is 6.19. The average molecular weight is 335 g/mol. The van der Waals surface area contributed by atoms with E-state index in [-0.39, 0.29) is 42.7 Å². The van der Waals surface area contributed by atoms with E-state index in [1.165, 1.54) is 4.90 Å². The first-order chi connectivity index (χ1) is 9.82. The van der Waals surface area contributed by atoms with Crippen LogP contribution in [0.3, 0.4) is 0 Å². The second-order valence-electron chi connectivity index (χ2n) is 5.93. The number of hydrogen-bond acceptors (Lipinski definition) is 4.